The lowest BCUT2D eigenvalue weighted by Crippen LogP contribution is -2.60. The molecule has 0 bridgehead atoms. The standard InChI is InChI=1S/C16H21N5O4S/c1-7-11-9(2-3-22)15(23)21(11)12(16(24)25)13(7)26-8-4-10(17-5-8)14-18-6-19-20-14/h6-11,17,22H,2-5H2,1H3,(H,24,25)(H,18,19,20)/t7-,8+,9+,10+,11-/m1/s1. The first kappa shape index (κ1) is 17.5. The summed E-state index contributed by atoms with van der Waals surface area (Å²) in [6.07, 6.45) is 2.66. The van der Waals surface area contributed by atoms with Gasteiger partial charge in [-0.15, -0.1) is 11.8 Å². The lowest BCUT2D eigenvalue weighted by Gasteiger charge is -2.45. The van der Waals surface area contributed by atoms with Crippen LogP contribution in [-0.2, 0) is 9.59 Å². The predicted octanol–water partition coefficient (Wildman–Crippen LogP) is 0.0962. The molecular weight excluding hydrogens is 358 g/mol. The van der Waals surface area contributed by atoms with Gasteiger partial charge in [0.1, 0.15) is 17.8 Å². The number of hydrogen-bond donors (Lipinski definition) is 4. The Labute approximate surface area is 154 Å². The molecule has 140 valence electrons. The summed E-state index contributed by atoms with van der Waals surface area (Å²) in [6, 6.07) is -0.0796. The first-order valence-corrected chi connectivity index (χ1v) is 9.57. The lowest BCUT2D eigenvalue weighted by atomic mass is 9.80. The number of amides is 1. The number of aromatic amines is 1. The molecule has 10 heteroatoms. The summed E-state index contributed by atoms with van der Waals surface area (Å²) in [5, 5.41) is 29.2. The number of carbonyl (C=O) groups excluding carboxylic acids is 1. The monoisotopic (exact) mass is 379 g/mol. The molecule has 9 nitrogen and oxygen atoms in total. The number of H-pyrrole nitrogens is 1. The van der Waals surface area contributed by atoms with Crippen LogP contribution in [0.1, 0.15) is 31.6 Å². The maximum absolute atomic E-state index is 12.4. The number of fused-ring (bicyclic) bond motifs is 1. The molecule has 0 spiro atoms. The van der Waals surface area contributed by atoms with E-state index in [1.54, 1.807) is 11.8 Å². The first-order chi connectivity index (χ1) is 12.5. The van der Waals surface area contributed by atoms with Gasteiger partial charge < -0.3 is 20.4 Å². The molecule has 0 unspecified atom stereocenters. The van der Waals surface area contributed by atoms with Gasteiger partial charge in [-0.2, -0.15) is 5.10 Å². The number of nitrogens with zero attached hydrogens (tertiary/aromatic N) is 3. The third kappa shape index (κ3) is 2.63. The second-order valence-electron chi connectivity index (χ2n) is 6.93. The van der Waals surface area contributed by atoms with Crippen LogP contribution >= 0.6 is 11.8 Å². The molecule has 5 atom stereocenters. The van der Waals surface area contributed by atoms with Crippen molar-refractivity contribution in [2.24, 2.45) is 11.8 Å². The molecule has 4 rings (SSSR count). The van der Waals surface area contributed by atoms with Crippen molar-refractivity contribution in [3.05, 3.63) is 22.8 Å². The highest BCUT2D eigenvalue weighted by molar-refractivity contribution is 8.03. The van der Waals surface area contributed by atoms with E-state index in [0.29, 0.717) is 6.42 Å². The lowest BCUT2D eigenvalue weighted by molar-refractivity contribution is -0.157. The minimum atomic E-state index is -1.06. The van der Waals surface area contributed by atoms with Crippen LogP contribution in [0.4, 0.5) is 0 Å². The Bertz CT molecular complexity index is 752. The summed E-state index contributed by atoms with van der Waals surface area (Å²) in [5.74, 6) is -0.791. The van der Waals surface area contributed by atoms with E-state index in [9.17, 15) is 19.8 Å². The van der Waals surface area contributed by atoms with Crippen LogP contribution in [0.5, 0.6) is 0 Å². The van der Waals surface area contributed by atoms with Crippen LogP contribution < -0.4 is 5.32 Å². The van der Waals surface area contributed by atoms with Gasteiger partial charge in [0.15, 0.2) is 0 Å². The summed E-state index contributed by atoms with van der Waals surface area (Å²) in [4.78, 5) is 30.6. The van der Waals surface area contributed by atoms with Crippen molar-refractivity contribution in [1.29, 1.82) is 0 Å². The fourth-order valence-electron chi connectivity index (χ4n) is 4.26. The molecule has 1 aromatic heterocycles. The molecule has 26 heavy (non-hydrogen) atoms. The summed E-state index contributed by atoms with van der Waals surface area (Å²) < 4.78 is 0. The molecule has 0 aliphatic carbocycles. The van der Waals surface area contributed by atoms with Gasteiger partial charge in [0.2, 0.25) is 5.91 Å². The highest BCUT2D eigenvalue weighted by Crippen LogP contribution is 2.52. The van der Waals surface area contributed by atoms with Crippen LogP contribution in [0.2, 0.25) is 0 Å². The Morgan fingerprint density at radius 1 is 1.50 bits per heavy atom. The number of carboxylic acids is 1. The largest absolute Gasteiger partial charge is 0.477 e. The third-order valence-electron chi connectivity index (χ3n) is 5.46. The number of nitrogens with one attached hydrogen (secondary N) is 2. The van der Waals surface area contributed by atoms with E-state index in [1.165, 1.54) is 11.2 Å². The topological polar surface area (TPSA) is 131 Å². The summed E-state index contributed by atoms with van der Waals surface area (Å²) in [6.45, 7) is 2.64. The Morgan fingerprint density at radius 3 is 2.96 bits per heavy atom. The van der Waals surface area contributed by atoms with Crippen molar-refractivity contribution in [3.63, 3.8) is 0 Å². The number of aliphatic hydroxyl groups is 1. The molecule has 1 amide bonds. The van der Waals surface area contributed by atoms with E-state index < -0.39 is 5.97 Å². The molecule has 2 saturated heterocycles. The van der Waals surface area contributed by atoms with E-state index in [4.69, 9.17) is 0 Å². The van der Waals surface area contributed by atoms with Crippen molar-refractivity contribution < 1.29 is 19.8 Å². The highest BCUT2D eigenvalue weighted by Gasteiger charge is 2.58. The maximum atomic E-state index is 12.4. The fraction of sp³-hybridized carbons (Fsp3) is 0.625. The molecular formula is C16H21N5O4S. The predicted molar refractivity (Wildman–Crippen MR) is 92.8 cm³/mol. The number of aliphatic hydroxyl groups excluding tert-OH is 1. The molecule has 3 aliphatic rings. The number of β-lactam (4-membered cyclic amide) rings is 1. The minimum absolute atomic E-state index is 0.0373. The van der Waals surface area contributed by atoms with Crippen LogP contribution in [0.3, 0.4) is 0 Å². The van der Waals surface area contributed by atoms with E-state index in [-0.39, 0.29) is 47.4 Å². The van der Waals surface area contributed by atoms with Gasteiger partial charge in [0, 0.05) is 29.2 Å². The SMILES string of the molecule is C[C@H]1C(S[C@@H]2CN[C@H](c3ncn[nH]3)C2)=C(C(=O)O)N2C(=O)[C@@H](CCO)[C@@H]12. The normalized spacial score (nSPS) is 33.5. The van der Waals surface area contributed by atoms with Gasteiger partial charge in [-0.3, -0.25) is 9.89 Å². The van der Waals surface area contributed by atoms with Crippen LogP contribution in [0.25, 0.3) is 0 Å². The number of thioether (sulfide) groups is 1. The quantitative estimate of drug-likeness (QED) is 0.512. The Morgan fingerprint density at radius 2 is 2.31 bits per heavy atom. The number of aromatic nitrogens is 3. The van der Waals surface area contributed by atoms with E-state index in [0.717, 1.165) is 23.7 Å². The Hall–Kier alpha value is -1.91. The van der Waals surface area contributed by atoms with E-state index in [1.807, 2.05) is 6.92 Å². The van der Waals surface area contributed by atoms with Crippen molar-refractivity contribution in [2.75, 3.05) is 13.2 Å². The molecule has 1 aromatic rings. The number of aliphatic carboxylic acids is 1. The molecule has 0 aromatic carbocycles. The summed E-state index contributed by atoms with van der Waals surface area (Å²) in [5.41, 5.74) is 0.120. The van der Waals surface area contributed by atoms with Crippen molar-refractivity contribution in [1.82, 2.24) is 25.4 Å². The molecule has 3 aliphatic heterocycles. The van der Waals surface area contributed by atoms with E-state index in [2.05, 4.69) is 20.5 Å². The van der Waals surface area contributed by atoms with Gasteiger partial charge in [0.25, 0.3) is 0 Å². The first-order valence-electron chi connectivity index (χ1n) is 8.69. The Balaban J connectivity index is 1.52. The van der Waals surface area contributed by atoms with Gasteiger partial charge >= 0.3 is 5.97 Å². The van der Waals surface area contributed by atoms with Crippen molar-refractivity contribution in [2.45, 2.75) is 37.1 Å². The minimum Gasteiger partial charge on any atom is -0.477 e. The third-order valence-corrected chi connectivity index (χ3v) is 6.97. The summed E-state index contributed by atoms with van der Waals surface area (Å²) >= 11 is 1.55. The number of carboxylic acid groups (broad SMARTS) is 1. The van der Waals surface area contributed by atoms with Crippen LogP contribution in [0.15, 0.2) is 16.9 Å². The highest BCUT2D eigenvalue weighted by atomic mass is 32.2. The van der Waals surface area contributed by atoms with Crippen molar-refractivity contribution in [3.8, 4) is 0 Å². The van der Waals surface area contributed by atoms with Crippen LogP contribution in [-0.4, -0.2) is 66.6 Å². The average molecular weight is 379 g/mol. The van der Waals surface area contributed by atoms with Gasteiger partial charge in [0.05, 0.1) is 18.0 Å². The zero-order valence-corrected chi connectivity index (χ0v) is 15.1. The van der Waals surface area contributed by atoms with Gasteiger partial charge in [-0.25, -0.2) is 9.78 Å². The summed E-state index contributed by atoms with van der Waals surface area (Å²) in [7, 11) is 0. The van der Waals surface area contributed by atoms with Gasteiger partial charge in [-0.05, 0) is 12.8 Å². The molecule has 2 fully saturated rings. The molecule has 0 saturated carbocycles. The van der Waals surface area contributed by atoms with Crippen LogP contribution in [0, 0.1) is 11.8 Å². The number of hydrogen-bond acceptors (Lipinski definition) is 7. The Kier molecular flexibility index (Phi) is 4.49. The van der Waals surface area contributed by atoms with E-state index >= 15 is 0 Å². The molecule has 0 radical (unpaired) electrons. The fourth-order valence-corrected chi connectivity index (χ4v) is 5.74. The zero-order chi connectivity index (χ0) is 18.4. The second kappa shape index (κ2) is 6.67. The number of rotatable bonds is 6. The zero-order valence-electron chi connectivity index (χ0n) is 14.3. The maximum Gasteiger partial charge on any atom is 0.353 e. The number of carbonyl (C=O) groups is 2. The van der Waals surface area contributed by atoms with Gasteiger partial charge in [-0.1, -0.05) is 6.92 Å². The molecule has 4 N–H and O–H groups in total. The molecule has 4 heterocycles. The smallest absolute Gasteiger partial charge is 0.353 e. The van der Waals surface area contributed by atoms with Crippen molar-refractivity contribution >= 4 is 23.6 Å². The average Bonchev–Trinajstić information content (AvgIpc) is 3.32. The second-order valence-corrected chi connectivity index (χ2v) is 8.27.